The predicted octanol–water partition coefficient (Wildman–Crippen LogP) is 4.95. The van der Waals surface area contributed by atoms with Gasteiger partial charge in [-0.2, -0.15) is 0 Å². The topological polar surface area (TPSA) is 58.6 Å². The zero-order valence-electron chi connectivity index (χ0n) is 19.2. The second kappa shape index (κ2) is 10.3. The summed E-state index contributed by atoms with van der Waals surface area (Å²) in [5, 5.41) is 2.99. The van der Waals surface area contributed by atoms with Gasteiger partial charge in [0.15, 0.2) is 0 Å². The molecule has 3 aromatic carbocycles. The summed E-state index contributed by atoms with van der Waals surface area (Å²) < 4.78 is 5.37. The van der Waals surface area contributed by atoms with Crippen LogP contribution in [0.2, 0.25) is 0 Å². The third kappa shape index (κ3) is 5.43. The summed E-state index contributed by atoms with van der Waals surface area (Å²) >= 11 is 0. The number of rotatable bonds is 6. The van der Waals surface area contributed by atoms with Gasteiger partial charge in [0.1, 0.15) is 5.75 Å². The average molecular weight is 443 g/mol. The molecule has 33 heavy (non-hydrogen) atoms. The first-order valence-corrected chi connectivity index (χ1v) is 11.4. The third-order valence-corrected chi connectivity index (χ3v) is 6.26. The number of aryl methyl sites for hydroxylation is 1. The van der Waals surface area contributed by atoms with E-state index in [1.165, 1.54) is 0 Å². The minimum Gasteiger partial charge on any atom is -0.496 e. The summed E-state index contributed by atoms with van der Waals surface area (Å²) in [6.07, 6.45) is 1.95. The Morgan fingerprint density at radius 3 is 2.58 bits per heavy atom. The van der Waals surface area contributed by atoms with Gasteiger partial charge < -0.3 is 15.0 Å². The van der Waals surface area contributed by atoms with Crippen LogP contribution in [0, 0.1) is 6.92 Å². The summed E-state index contributed by atoms with van der Waals surface area (Å²) in [4.78, 5) is 27.7. The summed E-state index contributed by atoms with van der Waals surface area (Å²) in [6, 6.07) is 23.2. The van der Waals surface area contributed by atoms with E-state index in [0.717, 1.165) is 47.4 Å². The van der Waals surface area contributed by atoms with Crippen molar-refractivity contribution in [2.75, 3.05) is 20.2 Å². The monoisotopic (exact) mass is 442 g/mol. The van der Waals surface area contributed by atoms with Gasteiger partial charge in [-0.25, -0.2) is 0 Å². The van der Waals surface area contributed by atoms with Crippen LogP contribution in [0.5, 0.6) is 5.75 Å². The Kier molecular flexibility index (Phi) is 7.08. The Balaban J connectivity index is 1.42. The number of carbonyl (C=O) groups excluding carboxylic acids is 2. The molecule has 1 fully saturated rings. The van der Waals surface area contributed by atoms with Crippen LogP contribution >= 0.6 is 0 Å². The fraction of sp³-hybridized carbons (Fsp3) is 0.286. The number of piperidine rings is 1. The minimum absolute atomic E-state index is 0.0745. The first-order valence-electron chi connectivity index (χ1n) is 11.4. The SMILES string of the molecule is COc1ccccc1CNC(=O)c1cccc(C2CCCN(C(=O)c3ccc(C)cc3)C2)c1. The number of amides is 2. The van der Waals surface area contributed by atoms with Gasteiger partial charge in [0.25, 0.3) is 11.8 Å². The maximum Gasteiger partial charge on any atom is 0.253 e. The van der Waals surface area contributed by atoms with Gasteiger partial charge in [0, 0.05) is 42.2 Å². The fourth-order valence-corrected chi connectivity index (χ4v) is 4.37. The van der Waals surface area contributed by atoms with Gasteiger partial charge in [-0.15, -0.1) is 0 Å². The van der Waals surface area contributed by atoms with E-state index in [2.05, 4.69) is 11.4 Å². The highest BCUT2D eigenvalue weighted by molar-refractivity contribution is 5.95. The standard InChI is InChI=1S/C28H30N2O3/c1-20-12-14-21(15-13-20)28(32)30-16-6-10-25(19-30)22-8-5-9-23(17-22)27(31)29-18-24-7-3-4-11-26(24)33-2/h3-5,7-9,11-15,17,25H,6,10,16,18-19H2,1-2H3,(H,29,31). The summed E-state index contributed by atoms with van der Waals surface area (Å²) in [5.74, 6) is 0.929. The van der Waals surface area contributed by atoms with Crippen LogP contribution in [0.25, 0.3) is 0 Å². The van der Waals surface area contributed by atoms with E-state index < -0.39 is 0 Å². The van der Waals surface area contributed by atoms with E-state index in [0.29, 0.717) is 18.7 Å². The number of ether oxygens (including phenoxy) is 1. The molecule has 0 saturated carbocycles. The molecule has 170 valence electrons. The number of methoxy groups -OCH3 is 1. The van der Waals surface area contributed by atoms with Gasteiger partial charge in [0.05, 0.1) is 7.11 Å². The highest BCUT2D eigenvalue weighted by atomic mass is 16.5. The lowest BCUT2D eigenvalue weighted by Crippen LogP contribution is -2.39. The third-order valence-electron chi connectivity index (χ3n) is 6.26. The Morgan fingerprint density at radius 1 is 1.00 bits per heavy atom. The lowest BCUT2D eigenvalue weighted by atomic mass is 9.89. The van der Waals surface area contributed by atoms with Crippen molar-refractivity contribution in [3.8, 4) is 5.75 Å². The van der Waals surface area contributed by atoms with Crippen molar-refractivity contribution in [1.29, 1.82) is 0 Å². The highest BCUT2D eigenvalue weighted by Gasteiger charge is 2.26. The molecule has 2 amide bonds. The van der Waals surface area contributed by atoms with E-state index in [1.54, 1.807) is 7.11 Å². The number of nitrogens with zero attached hydrogens (tertiary/aromatic N) is 1. The van der Waals surface area contributed by atoms with Crippen LogP contribution < -0.4 is 10.1 Å². The molecule has 5 nitrogen and oxygen atoms in total. The molecule has 0 radical (unpaired) electrons. The van der Waals surface area contributed by atoms with Crippen molar-refractivity contribution in [3.63, 3.8) is 0 Å². The molecular weight excluding hydrogens is 412 g/mol. The Morgan fingerprint density at radius 2 is 1.79 bits per heavy atom. The molecule has 1 aliphatic heterocycles. The van der Waals surface area contributed by atoms with E-state index >= 15 is 0 Å². The largest absolute Gasteiger partial charge is 0.496 e. The van der Waals surface area contributed by atoms with Crippen molar-refractivity contribution in [3.05, 3.63) is 101 Å². The number of para-hydroxylation sites is 1. The van der Waals surface area contributed by atoms with Crippen LogP contribution in [0.4, 0.5) is 0 Å². The molecule has 1 heterocycles. The molecule has 1 saturated heterocycles. The number of benzene rings is 3. The van der Waals surface area contributed by atoms with E-state index in [1.807, 2.05) is 78.6 Å². The maximum atomic E-state index is 13.0. The Hall–Kier alpha value is -3.60. The molecule has 0 bridgehead atoms. The fourth-order valence-electron chi connectivity index (χ4n) is 4.37. The molecule has 5 heteroatoms. The van der Waals surface area contributed by atoms with Gasteiger partial charge in [-0.1, -0.05) is 48.0 Å². The van der Waals surface area contributed by atoms with E-state index in [-0.39, 0.29) is 17.7 Å². The number of hydrogen-bond donors (Lipinski definition) is 1. The molecule has 0 spiro atoms. The van der Waals surface area contributed by atoms with Crippen molar-refractivity contribution < 1.29 is 14.3 Å². The highest BCUT2D eigenvalue weighted by Crippen LogP contribution is 2.28. The normalized spacial score (nSPS) is 15.7. The smallest absolute Gasteiger partial charge is 0.253 e. The summed E-state index contributed by atoms with van der Waals surface area (Å²) in [7, 11) is 1.63. The van der Waals surface area contributed by atoms with E-state index in [9.17, 15) is 9.59 Å². The molecular formula is C28H30N2O3. The second-order valence-corrected chi connectivity index (χ2v) is 8.58. The molecule has 0 aliphatic carbocycles. The van der Waals surface area contributed by atoms with Gasteiger partial charge in [0.2, 0.25) is 0 Å². The zero-order chi connectivity index (χ0) is 23.2. The molecule has 1 unspecified atom stereocenters. The first-order chi connectivity index (χ1) is 16.0. The quantitative estimate of drug-likeness (QED) is 0.587. The van der Waals surface area contributed by atoms with Crippen LogP contribution in [0.1, 0.15) is 56.2 Å². The Labute approximate surface area is 195 Å². The van der Waals surface area contributed by atoms with Crippen molar-refractivity contribution in [1.82, 2.24) is 10.2 Å². The van der Waals surface area contributed by atoms with Crippen LogP contribution in [-0.4, -0.2) is 36.9 Å². The summed E-state index contributed by atoms with van der Waals surface area (Å²) in [5.41, 5.74) is 4.53. The number of hydrogen-bond acceptors (Lipinski definition) is 3. The van der Waals surface area contributed by atoms with Gasteiger partial charge in [-0.3, -0.25) is 9.59 Å². The number of nitrogens with one attached hydrogen (secondary N) is 1. The average Bonchev–Trinajstić information content (AvgIpc) is 2.87. The summed E-state index contributed by atoms with van der Waals surface area (Å²) in [6.45, 7) is 3.85. The van der Waals surface area contributed by atoms with Crippen molar-refractivity contribution >= 4 is 11.8 Å². The maximum absolute atomic E-state index is 13.0. The second-order valence-electron chi connectivity index (χ2n) is 8.58. The molecule has 1 N–H and O–H groups in total. The molecule has 1 aliphatic rings. The lowest BCUT2D eigenvalue weighted by molar-refractivity contribution is 0.0706. The Bertz CT molecular complexity index is 1120. The lowest BCUT2D eigenvalue weighted by Gasteiger charge is -2.33. The number of carbonyl (C=O) groups is 2. The van der Waals surface area contributed by atoms with Crippen molar-refractivity contribution in [2.24, 2.45) is 0 Å². The molecule has 1 atom stereocenters. The van der Waals surface area contributed by atoms with Crippen LogP contribution in [0.15, 0.2) is 72.8 Å². The van der Waals surface area contributed by atoms with Crippen LogP contribution in [0.3, 0.4) is 0 Å². The van der Waals surface area contributed by atoms with Gasteiger partial charge in [-0.05, 0) is 55.7 Å². The minimum atomic E-state index is -0.119. The molecule has 0 aromatic heterocycles. The molecule has 4 rings (SSSR count). The first kappa shape index (κ1) is 22.6. The van der Waals surface area contributed by atoms with Crippen molar-refractivity contribution in [2.45, 2.75) is 32.2 Å². The van der Waals surface area contributed by atoms with Gasteiger partial charge >= 0.3 is 0 Å². The molecule has 3 aromatic rings. The predicted molar refractivity (Wildman–Crippen MR) is 130 cm³/mol. The zero-order valence-corrected chi connectivity index (χ0v) is 19.2. The van der Waals surface area contributed by atoms with Crippen LogP contribution in [-0.2, 0) is 6.54 Å². The van der Waals surface area contributed by atoms with E-state index in [4.69, 9.17) is 4.74 Å². The number of likely N-dealkylation sites (tertiary alicyclic amines) is 1.